The van der Waals surface area contributed by atoms with Crippen LogP contribution in [0.3, 0.4) is 0 Å². The first-order chi connectivity index (χ1) is 10.0. The van der Waals surface area contributed by atoms with Crippen molar-refractivity contribution >= 4 is 23.0 Å². The second-order valence-electron chi connectivity index (χ2n) is 4.76. The number of carbonyl (C=O) groups is 1. The molecule has 2 N–H and O–H groups in total. The highest BCUT2D eigenvalue weighted by molar-refractivity contribution is 5.90. The molecular weight excluding hydrogens is 268 g/mol. The Kier molecular flexibility index (Phi) is 4.33. The summed E-state index contributed by atoms with van der Waals surface area (Å²) in [5, 5.41) is 12.3. The Bertz CT molecular complexity index is 654. The Labute approximate surface area is 123 Å². The fourth-order valence-electron chi connectivity index (χ4n) is 2.05. The van der Waals surface area contributed by atoms with Crippen LogP contribution in [0.15, 0.2) is 42.5 Å². The maximum absolute atomic E-state index is 11.1. The zero-order chi connectivity index (χ0) is 15.4. The third kappa shape index (κ3) is 3.25. The molecule has 2 aromatic carbocycles. The molecule has 110 valence electrons. The molecule has 0 bridgehead atoms. The van der Waals surface area contributed by atoms with Crippen LogP contribution in [0.5, 0.6) is 5.75 Å². The largest absolute Gasteiger partial charge is 0.495 e. The summed E-state index contributed by atoms with van der Waals surface area (Å²) in [6, 6.07) is 12.5. The Balaban J connectivity index is 2.43. The highest BCUT2D eigenvalue weighted by Crippen LogP contribution is 2.32. The summed E-state index contributed by atoms with van der Waals surface area (Å²) in [4.78, 5) is 13.1. The van der Waals surface area contributed by atoms with E-state index in [0.717, 1.165) is 11.4 Å². The number of methoxy groups -OCH3 is 1. The third-order valence-corrected chi connectivity index (χ3v) is 3.10. The fraction of sp³-hybridized carbons (Fsp3) is 0.188. The zero-order valence-corrected chi connectivity index (χ0v) is 12.3. The molecule has 0 aliphatic carbocycles. The molecule has 0 aliphatic heterocycles. The number of carboxylic acids is 1. The standard InChI is InChI=1S/C16H18N2O3/c1-18(2)14-7-5-4-6-12(14)17-13-10-11(16(19)20)8-9-15(13)21-3/h4-10,17H,1-3H3,(H,19,20). The number of carboxylic acid groups (broad SMARTS) is 1. The monoisotopic (exact) mass is 286 g/mol. The van der Waals surface area contributed by atoms with Crippen molar-refractivity contribution in [3.63, 3.8) is 0 Å². The lowest BCUT2D eigenvalue weighted by Crippen LogP contribution is -2.11. The van der Waals surface area contributed by atoms with Gasteiger partial charge in [0.1, 0.15) is 5.75 Å². The Morgan fingerprint density at radius 2 is 1.86 bits per heavy atom. The number of nitrogens with one attached hydrogen (secondary N) is 1. The van der Waals surface area contributed by atoms with E-state index in [1.165, 1.54) is 6.07 Å². The van der Waals surface area contributed by atoms with Crippen LogP contribution in [-0.2, 0) is 0 Å². The van der Waals surface area contributed by atoms with Gasteiger partial charge in [0, 0.05) is 14.1 Å². The van der Waals surface area contributed by atoms with Crippen LogP contribution in [0.2, 0.25) is 0 Å². The van der Waals surface area contributed by atoms with Crippen LogP contribution >= 0.6 is 0 Å². The molecule has 5 heteroatoms. The van der Waals surface area contributed by atoms with Crippen molar-refractivity contribution < 1.29 is 14.6 Å². The van der Waals surface area contributed by atoms with Gasteiger partial charge in [-0.15, -0.1) is 0 Å². The van der Waals surface area contributed by atoms with Crippen LogP contribution in [0.1, 0.15) is 10.4 Å². The first-order valence-electron chi connectivity index (χ1n) is 6.47. The Morgan fingerprint density at radius 3 is 2.48 bits per heavy atom. The number of para-hydroxylation sites is 2. The number of ether oxygens (including phenoxy) is 1. The number of nitrogens with zero attached hydrogens (tertiary/aromatic N) is 1. The average molecular weight is 286 g/mol. The molecule has 0 saturated heterocycles. The Hall–Kier alpha value is -2.69. The molecule has 2 rings (SSSR count). The molecule has 0 aliphatic rings. The SMILES string of the molecule is COc1ccc(C(=O)O)cc1Nc1ccccc1N(C)C. The number of hydrogen-bond acceptors (Lipinski definition) is 4. The average Bonchev–Trinajstić information content (AvgIpc) is 2.47. The number of benzene rings is 2. The molecule has 21 heavy (non-hydrogen) atoms. The third-order valence-electron chi connectivity index (χ3n) is 3.10. The van der Waals surface area contributed by atoms with Gasteiger partial charge in [0.05, 0.1) is 29.7 Å². The number of anilines is 3. The van der Waals surface area contributed by atoms with E-state index in [0.29, 0.717) is 11.4 Å². The predicted molar refractivity (Wildman–Crippen MR) is 84.0 cm³/mol. The van der Waals surface area contributed by atoms with E-state index in [4.69, 9.17) is 9.84 Å². The van der Waals surface area contributed by atoms with E-state index in [1.54, 1.807) is 19.2 Å². The highest BCUT2D eigenvalue weighted by Gasteiger charge is 2.11. The number of hydrogen-bond donors (Lipinski definition) is 2. The van der Waals surface area contributed by atoms with Gasteiger partial charge in [-0.2, -0.15) is 0 Å². The van der Waals surface area contributed by atoms with Crippen LogP contribution in [0.25, 0.3) is 0 Å². The topological polar surface area (TPSA) is 61.8 Å². The maximum Gasteiger partial charge on any atom is 0.335 e. The van der Waals surface area contributed by atoms with Gasteiger partial charge in [0.15, 0.2) is 0 Å². The van der Waals surface area contributed by atoms with Gasteiger partial charge in [-0.05, 0) is 30.3 Å². The van der Waals surface area contributed by atoms with Crippen molar-refractivity contribution in [1.82, 2.24) is 0 Å². The van der Waals surface area contributed by atoms with Gasteiger partial charge in [-0.25, -0.2) is 4.79 Å². The normalized spacial score (nSPS) is 10.0. The quantitative estimate of drug-likeness (QED) is 0.883. The van der Waals surface area contributed by atoms with Gasteiger partial charge in [-0.1, -0.05) is 12.1 Å². The lowest BCUT2D eigenvalue weighted by Gasteiger charge is -2.19. The molecule has 0 radical (unpaired) electrons. The second-order valence-corrected chi connectivity index (χ2v) is 4.76. The molecule has 5 nitrogen and oxygen atoms in total. The van der Waals surface area contributed by atoms with E-state index in [2.05, 4.69) is 5.32 Å². The van der Waals surface area contributed by atoms with E-state index in [-0.39, 0.29) is 5.56 Å². The fourth-order valence-corrected chi connectivity index (χ4v) is 2.05. The summed E-state index contributed by atoms with van der Waals surface area (Å²) in [5.41, 5.74) is 2.70. The summed E-state index contributed by atoms with van der Waals surface area (Å²) in [5.74, 6) is -0.379. The van der Waals surface area contributed by atoms with E-state index in [1.807, 2.05) is 43.3 Å². The van der Waals surface area contributed by atoms with Gasteiger partial charge >= 0.3 is 5.97 Å². The number of aromatic carboxylic acids is 1. The molecule has 0 atom stereocenters. The summed E-state index contributed by atoms with van der Waals surface area (Å²) >= 11 is 0. The molecule has 2 aromatic rings. The van der Waals surface area contributed by atoms with Crippen molar-refractivity contribution in [3.05, 3.63) is 48.0 Å². The van der Waals surface area contributed by atoms with Gasteiger partial charge in [0.25, 0.3) is 0 Å². The highest BCUT2D eigenvalue weighted by atomic mass is 16.5. The molecule has 0 heterocycles. The minimum Gasteiger partial charge on any atom is -0.495 e. The van der Waals surface area contributed by atoms with E-state index < -0.39 is 5.97 Å². The first kappa shape index (κ1) is 14.7. The molecule has 0 amide bonds. The summed E-state index contributed by atoms with van der Waals surface area (Å²) < 4.78 is 5.28. The summed E-state index contributed by atoms with van der Waals surface area (Å²) in [7, 11) is 5.45. The van der Waals surface area contributed by atoms with Crippen LogP contribution in [0.4, 0.5) is 17.1 Å². The summed E-state index contributed by atoms with van der Waals surface area (Å²) in [6.07, 6.45) is 0. The second kappa shape index (κ2) is 6.17. The van der Waals surface area contributed by atoms with Gasteiger partial charge in [0.2, 0.25) is 0 Å². The molecule has 0 spiro atoms. The summed E-state index contributed by atoms with van der Waals surface area (Å²) in [6.45, 7) is 0. The van der Waals surface area contributed by atoms with Gasteiger partial charge < -0.3 is 20.1 Å². The van der Waals surface area contributed by atoms with Crippen molar-refractivity contribution in [1.29, 1.82) is 0 Å². The zero-order valence-electron chi connectivity index (χ0n) is 12.3. The minimum atomic E-state index is -0.971. The smallest absolute Gasteiger partial charge is 0.335 e. The molecule has 0 aromatic heterocycles. The van der Waals surface area contributed by atoms with Crippen molar-refractivity contribution in [2.75, 3.05) is 31.4 Å². The molecular formula is C16H18N2O3. The van der Waals surface area contributed by atoms with Crippen molar-refractivity contribution in [2.24, 2.45) is 0 Å². The minimum absolute atomic E-state index is 0.209. The number of rotatable bonds is 5. The van der Waals surface area contributed by atoms with Gasteiger partial charge in [-0.3, -0.25) is 0 Å². The molecule has 0 unspecified atom stereocenters. The lowest BCUT2D eigenvalue weighted by molar-refractivity contribution is 0.0697. The van der Waals surface area contributed by atoms with Crippen molar-refractivity contribution in [3.8, 4) is 5.75 Å². The van der Waals surface area contributed by atoms with E-state index >= 15 is 0 Å². The molecule has 0 saturated carbocycles. The predicted octanol–water partition coefficient (Wildman–Crippen LogP) is 3.20. The molecule has 0 fully saturated rings. The van der Waals surface area contributed by atoms with E-state index in [9.17, 15) is 4.79 Å². The Morgan fingerprint density at radius 1 is 1.14 bits per heavy atom. The maximum atomic E-state index is 11.1. The van der Waals surface area contributed by atoms with Crippen LogP contribution < -0.4 is 15.0 Å². The first-order valence-corrected chi connectivity index (χ1v) is 6.47. The lowest BCUT2D eigenvalue weighted by atomic mass is 10.1. The van der Waals surface area contributed by atoms with Crippen LogP contribution in [0, 0.1) is 0 Å². The van der Waals surface area contributed by atoms with Crippen LogP contribution in [-0.4, -0.2) is 32.3 Å². The van der Waals surface area contributed by atoms with Crippen molar-refractivity contribution in [2.45, 2.75) is 0 Å².